The predicted octanol–water partition coefficient (Wildman–Crippen LogP) is 1.55. The molecule has 1 heterocycles. The Morgan fingerprint density at radius 2 is 1.95 bits per heavy atom. The number of benzene rings is 1. The van der Waals surface area contributed by atoms with Crippen LogP contribution in [0.4, 0.5) is 0 Å². The van der Waals surface area contributed by atoms with Crippen LogP contribution in [0.15, 0.2) is 24.3 Å². The number of likely N-dealkylation sites (tertiary alicyclic amines) is 1. The minimum Gasteiger partial charge on any atom is -0.484 e. The van der Waals surface area contributed by atoms with E-state index in [-0.39, 0.29) is 18.4 Å². The van der Waals surface area contributed by atoms with Crippen molar-refractivity contribution in [1.82, 2.24) is 4.90 Å². The van der Waals surface area contributed by atoms with Crippen LogP contribution >= 0.6 is 0 Å². The van der Waals surface area contributed by atoms with Gasteiger partial charge >= 0.3 is 5.97 Å². The number of rotatable bonds is 5. The van der Waals surface area contributed by atoms with E-state index in [1.807, 2.05) is 31.2 Å². The molecule has 1 aliphatic heterocycles. The van der Waals surface area contributed by atoms with Gasteiger partial charge in [0, 0.05) is 19.0 Å². The van der Waals surface area contributed by atoms with Gasteiger partial charge in [-0.25, -0.2) is 0 Å². The molecule has 1 unspecified atom stereocenters. The molecule has 0 aromatic heterocycles. The first-order valence-corrected chi connectivity index (χ1v) is 6.67. The standard InChI is InChI=1S/C15H19NO4/c1-10-3-5-13(6-4-10)20-9-14(17)16-7-12(8-16)11(2)15(18)19/h3-6,11-12H,7-9H2,1-2H3,(H,18,19). The largest absolute Gasteiger partial charge is 0.484 e. The van der Waals surface area contributed by atoms with Crippen LogP contribution in [-0.4, -0.2) is 41.6 Å². The summed E-state index contributed by atoms with van der Waals surface area (Å²) in [6, 6.07) is 7.50. The maximum Gasteiger partial charge on any atom is 0.306 e. The summed E-state index contributed by atoms with van der Waals surface area (Å²) < 4.78 is 5.42. The first-order chi connectivity index (χ1) is 9.47. The maximum atomic E-state index is 11.9. The summed E-state index contributed by atoms with van der Waals surface area (Å²) in [6.07, 6.45) is 0. The van der Waals surface area contributed by atoms with Crippen LogP contribution in [0.2, 0.25) is 0 Å². The number of hydrogen-bond acceptors (Lipinski definition) is 3. The predicted molar refractivity (Wildman–Crippen MR) is 73.5 cm³/mol. The Morgan fingerprint density at radius 3 is 2.50 bits per heavy atom. The summed E-state index contributed by atoms with van der Waals surface area (Å²) in [4.78, 5) is 24.3. The second kappa shape index (κ2) is 5.94. The number of aryl methyl sites for hydroxylation is 1. The fraction of sp³-hybridized carbons (Fsp3) is 0.467. The van der Waals surface area contributed by atoms with Gasteiger partial charge in [0.15, 0.2) is 6.61 Å². The third kappa shape index (κ3) is 3.29. The molecule has 108 valence electrons. The van der Waals surface area contributed by atoms with Crippen molar-refractivity contribution >= 4 is 11.9 Å². The van der Waals surface area contributed by atoms with Gasteiger partial charge in [0.05, 0.1) is 5.92 Å². The molecule has 5 heteroatoms. The topological polar surface area (TPSA) is 66.8 Å². The molecule has 5 nitrogen and oxygen atoms in total. The number of amides is 1. The number of carboxylic acid groups (broad SMARTS) is 1. The number of carboxylic acids is 1. The van der Waals surface area contributed by atoms with E-state index in [0.717, 1.165) is 5.56 Å². The first kappa shape index (κ1) is 14.4. The molecule has 0 spiro atoms. The Morgan fingerprint density at radius 1 is 1.35 bits per heavy atom. The lowest BCUT2D eigenvalue weighted by molar-refractivity contribution is -0.151. The quantitative estimate of drug-likeness (QED) is 0.886. The lowest BCUT2D eigenvalue weighted by Gasteiger charge is -2.41. The Kier molecular flexibility index (Phi) is 4.27. The van der Waals surface area contributed by atoms with E-state index < -0.39 is 11.9 Å². The van der Waals surface area contributed by atoms with E-state index >= 15 is 0 Å². The van der Waals surface area contributed by atoms with E-state index in [1.54, 1.807) is 11.8 Å². The lowest BCUT2D eigenvalue weighted by atomic mass is 9.87. The fourth-order valence-corrected chi connectivity index (χ4v) is 2.11. The van der Waals surface area contributed by atoms with Crippen LogP contribution in [0.1, 0.15) is 12.5 Å². The molecule has 0 saturated carbocycles. The molecule has 2 rings (SSSR count). The van der Waals surface area contributed by atoms with E-state index in [1.165, 1.54) is 0 Å². The van der Waals surface area contributed by atoms with Gasteiger partial charge in [-0.05, 0) is 19.1 Å². The van der Waals surface area contributed by atoms with Gasteiger partial charge in [-0.3, -0.25) is 9.59 Å². The van der Waals surface area contributed by atoms with Crippen molar-refractivity contribution in [1.29, 1.82) is 0 Å². The molecule has 20 heavy (non-hydrogen) atoms. The summed E-state index contributed by atoms with van der Waals surface area (Å²) in [5, 5.41) is 8.89. The third-order valence-corrected chi connectivity index (χ3v) is 3.74. The molecule has 0 radical (unpaired) electrons. The molecule has 1 saturated heterocycles. The smallest absolute Gasteiger partial charge is 0.306 e. The minimum absolute atomic E-state index is 0.00274. The Hall–Kier alpha value is -2.04. The SMILES string of the molecule is Cc1ccc(OCC(=O)N2CC(C(C)C(=O)O)C2)cc1. The number of nitrogens with zero attached hydrogens (tertiary/aromatic N) is 1. The molecule has 1 atom stereocenters. The van der Waals surface area contributed by atoms with Crippen molar-refractivity contribution in [3.63, 3.8) is 0 Å². The number of hydrogen-bond donors (Lipinski definition) is 1. The van der Waals surface area contributed by atoms with Crippen LogP contribution in [0, 0.1) is 18.8 Å². The molecule has 0 bridgehead atoms. The zero-order chi connectivity index (χ0) is 14.7. The van der Waals surface area contributed by atoms with Crippen molar-refractivity contribution in [2.24, 2.45) is 11.8 Å². The molecule has 1 aromatic rings. The normalized spacial score (nSPS) is 16.4. The molecular weight excluding hydrogens is 258 g/mol. The highest BCUT2D eigenvalue weighted by Gasteiger charge is 2.37. The van der Waals surface area contributed by atoms with Gasteiger partial charge in [0.2, 0.25) is 0 Å². The third-order valence-electron chi connectivity index (χ3n) is 3.74. The summed E-state index contributed by atoms with van der Waals surface area (Å²) >= 11 is 0. The second-order valence-electron chi connectivity index (χ2n) is 5.29. The number of carbonyl (C=O) groups excluding carboxylic acids is 1. The van der Waals surface area contributed by atoms with Crippen LogP contribution in [0.5, 0.6) is 5.75 Å². The van der Waals surface area contributed by atoms with E-state index in [9.17, 15) is 9.59 Å². The number of ether oxygens (including phenoxy) is 1. The Labute approximate surface area is 118 Å². The van der Waals surface area contributed by atoms with Crippen LogP contribution in [0.3, 0.4) is 0 Å². The average molecular weight is 277 g/mol. The first-order valence-electron chi connectivity index (χ1n) is 6.67. The number of carbonyl (C=O) groups is 2. The average Bonchev–Trinajstić information content (AvgIpc) is 2.36. The molecule has 1 fully saturated rings. The van der Waals surface area contributed by atoms with E-state index in [2.05, 4.69) is 0 Å². The summed E-state index contributed by atoms with van der Waals surface area (Å²) in [5.74, 6) is -0.592. The van der Waals surface area contributed by atoms with Gasteiger partial charge in [-0.2, -0.15) is 0 Å². The zero-order valence-corrected chi connectivity index (χ0v) is 11.7. The summed E-state index contributed by atoms with van der Waals surface area (Å²) in [7, 11) is 0. The van der Waals surface area contributed by atoms with Gasteiger partial charge in [-0.15, -0.1) is 0 Å². The van der Waals surface area contributed by atoms with Crippen molar-refractivity contribution in [3.05, 3.63) is 29.8 Å². The second-order valence-corrected chi connectivity index (χ2v) is 5.29. The molecule has 0 aliphatic carbocycles. The monoisotopic (exact) mass is 277 g/mol. The highest BCUT2D eigenvalue weighted by molar-refractivity contribution is 5.79. The van der Waals surface area contributed by atoms with Crippen molar-refractivity contribution < 1.29 is 19.4 Å². The Bertz CT molecular complexity index is 491. The minimum atomic E-state index is -0.807. The Balaban J connectivity index is 1.75. The zero-order valence-electron chi connectivity index (χ0n) is 11.7. The highest BCUT2D eigenvalue weighted by Crippen LogP contribution is 2.24. The van der Waals surface area contributed by atoms with Crippen LogP contribution in [0.25, 0.3) is 0 Å². The van der Waals surface area contributed by atoms with Gasteiger partial charge in [-0.1, -0.05) is 24.6 Å². The van der Waals surface area contributed by atoms with Crippen LogP contribution in [-0.2, 0) is 9.59 Å². The van der Waals surface area contributed by atoms with Crippen molar-refractivity contribution in [2.45, 2.75) is 13.8 Å². The van der Waals surface area contributed by atoms with Crippen molar-refractivity contribution in [3.8, 4) is 5.75 Å². The lowest BCUT2D eigenvalue weighted by Crippen LogP contribution is -2.54. The van der Waals surface area contributed by atoms with E-state index in [0.29, 0.717) is 18.8 Å². The highest BCUT2D eigenvalue weighted by atomic mass is 16.5. The molecule has 1 amide bonds. The van der Waals surface area contributed by atoms with E-state index in [4.69, 9.17) is 9.84 Å². The fourth-order valence-electron chi connectivity index (χ4n) is 2.11. The summed E-state index contributed by atoms with van der Waals surface area (Å²) in [5.41, 5.74) is 1.14. The molecular formula is C15H19NO4. The van der Waals surface area contributed by atoms with Gasteiger partial charge in [0.25, 0.3) is 5.91 Å². The number of aliphatic carboxylic acids is 1. The molecule has 1 N–H and O–H groups in total. The molecule has 1 aliphatic rings. The maximum absolute atomic E-state index is 11.9. The molecule has 1 aromatic carbocycles. The van der Waals surface area contributed by atoms with Gasteiger partial charge in [0.1, 0.15) is 5.75 Å². The van der Waals surface area contributed by atoms with Crippen molar-refractivity contribution in [2.75, 3.05) is 19.7 Å². The summed E-state index contributed by atoms with van der Waals surface area (Å²) in [6.45, 7) is 4.67. The van der Waals surface area contributed by atoms with Crippen LogP contribution < -0.4 is 4.74 Å². The van der Waals surface area contributed by atoms with Gasteiger partial charge < -0.3 is 14.7 Å².